The SMILES string of the molecule is CN1CC(C)(C)Oc2nc(N3CC4OC5CCC54C3)nc(-c3ccc(NC(=O)Nc4ccccn4)cc3)c2C1=O. The van der Waals surface area contributed by atoms with E-state index in [0.29, 0.717) is 47.2 Å². The number of aromatic nitrogens is 3. The van der Waals surface area contributed by atoms with Gasteiger partial charge in [0.25, 0.3) is 5.91 Å². The molecule has 1 aliphatic carbocycles. The lowest BCUT2D eigenvalue weighted by Gasteiger charge is -2.59. The number of hydrogen-bond donors (Lipinski definition) is 2. The van der Waals surface area contributed by atoms with Gasteiger partial charge in [0.2, 0.25) is 11.8 Å². The van der Waals surface area contributed by atoms with Crippen LogP contribution in [0.2, 0.25) is 0 Å². The van der Waals surface area contributed by atoms with Gasteiger partial charge in [-0.1, -0.05) is 18.2 Å². The van der Waals surface area contributed by atoms with Crippen LogP contribution in [-0.2, 0) is 4.74 Å². The van der Waals surface area contributed by atoms with Crippen molar-refractivity contribution in [2.45, 2.75) is 44.5 Å². The van der Waals surface area contributed by atoms with Crippen LogP contribution in [-0.4, -0.2) is 76.3 Å². The molecule has 2 aromatic heterocycles. The number of benzene rings is 1. The number of likely N-dealkylation sites (N-methyl/N-ethyl adjacent to an activating group) is 1. The van der Waals surface area contributed by atoms with Crippen molar-refractivity contribution in [3.8, 4) is 17.1 Å². The summed E-state index contributed by atoms with van der Waals surface area (Å²) in [7, 11) is 1.76. The van der Waals surface area contributed by atoms with Gasteiger partial charge in [-0.15, -0.1) is 0 Å². The summed E-state index contributed by atoms with van der Waals surface area (Å²) in [4.78, 5) is 43.8. The highest BCUT2D eigenvalue weighted by molar-refractivity contribution is 6.03. The normalized spacial score (nSPS) is 25.8. The molecule has 3 unspecified atom stereocenters. The number of hydrogen-bond acceptors (Lipinski definition) is 8. The molecule has 1 spiro atoms. The Kier molecular flexibility index (Phi) is 5.50. The van der Waals surface area contributed by atoms with Crippen molar-refractivity contribution in [2.24, 2.45) is 5.41 Å². The average Bonchev–Trinajstić information content (AvgIpc) is 3.25. The molecule has 0 radical (unpaired) electrons. The molecule has 3 atom stereocenters. The lowest BCUT2D eigenvalue weighted by molar-refractivity contribution is -0.279. The zero-order valence-electron chi connectivity index (χ0n) is 22.7. The number of nitrogens with zero attached hydrogens (tertiary/aromatic N) is 5. The summed E-state index contributed by atoms with van der Waals surface area (Å²) < 4.78 is 12.4. The van der Waals surface area contributed by atoms with Gasteiger partial charge in [-0.2, -0.15) is 4.98 Å². The second-order valence-corrected chi connectivity index (χ2v) is 11.7. The third kappa shape index (κ3) is 4.03. The van der Waals surface area contributed by atoms with Crippen molar-refractivity contribution in [3.05, 3.63) is 54.2 Å². The molecule has 3 aromatic rings. The minimum absolute atomic E-state index is 0.193. The first-order chi connectivity index (χ1) is 19.2. The Bertz CT molecular complexity index is 1500. The molecule has 3 fully saturated rings. The minimum Gasteiger partial charge on any atom is -0.469 e. The summed E-state index contributed by atoms with van der Waals surface area (Å²) in [5.41, 5.74) is 1.72. The second kappa shape index (κ2) is 8.88. The van der Waals surface area contributed by atoms with Crippen molar-refractivity contribution in [1.29, 1.82) is 0 Å². The molecule has 1 aromatic carbocycles. The number of fused-ring (bicyclic) bond motifs is 1. The van der Waals surface area contributed by atoms with E-state index in [0.717, 1.165) is 31.5 Å². The molecule has 11 heteroatoms. The van der Waals surface area contributed by atoms with Crippen molar-refractivity contribution >= 4 is 29.4 Å². The molecule has 4 aliphatic rings. The van der Waals surface area contributed by atoms with Gasteiger partial charge in [-0.3, -0.25) is 10.1 Å². The van der Waals surface area contributed by atoms with Crippen molar-refractivity contribution in [1.82, 2.24) is 19.9 Å². The van der Waals surface area contributed by atoms with Gasteiger partial charge in [0.05, 0.1) is 24.4 Å². The van der Waals surface area contributed by atoms with Gasteiger partial charge < -0.3 is 24.6 Å². The standard InChI is InChI=1S/C29H31N7O4/c1-28(2)15-35(3)25(37)22-23(17-7-9-18(10-8-17)31-27(38)32-21-6-4-5-13-30-21)33-26(34-24(22)40-28)36-14-20-29(16-36)12-11-19(29)39-20/h4-10,13,19-20H,11-12,14-16H2,1-3H3,(H2,30,31,32,38). The van der Waals surface area contributed by atoms with Crippen LogP contribution in [0.3, 0.4) is 0 Å². The summed E-state index contributed by atoms with van der Waals surface area (Å²) in [5.74, 6) is 1.09. The van der Waals surface area contributed by atoms with Crippen molar-refractivity contribution < 1.29 is 19.1 Å². The summed E-state index contributed by atoms with van der Waals surface area (Å²) >= 11 is 0. The molecule has 5 heterocycles. The molecule has 7 rings (SSSR count). The van der Waals surface area contributed by atoms with E-state index in [2.05, 4.69) is 20.5 Å². The van der Waals surface area contributed by atoms with E-state index in [9.17, 15) is 9.59 Å². The summed E-state index contributed by atoms with van der Waals surface area (Å²) in [5, 5.41) is 5.51. The molecule has 11 nitrogen and oxygen atoms in total. The van der Waals surface area contributed by atoms with Crippen LogP contribution in [0, 0.1) is 5.41 Å². The molecule has 0 bridgehead atoms. The predicted octanol–water partition coefficient (Wildman–Crippen LogP) is 3.79. The summed E-state index contributed by atoms with van der Waals surface area (Å²) in [6.45, 7) is 5.87. The quantitative estimate of drug-likeness (QED) is 0.512. The maximum absolute atomic E-state index is 13.6. The Morgan fingerprint density at radius 2 is 1.88 bits per heavy atom. The highest BCUT2D eigenvalue weighted by Gasteiger charge is 2.66. The van der Waals surface area contributed by atoms with Crippen LogP contribution >= 0.6 is 0 Å². The lowest BCUT2D eigenvalue weighted by atomic mass is 9.60. The van der Waals surface area contributed by atoms with E-state index < -0.39 is 11.6 Å². The smallest absolute Gasteiger partial charge is 0.324 e. The fraction of sp³-hybridized carbons (Fsp3) is 0.414. The molecule has 1 saturated carbocycles. The van der Waals surface area contributed by atoms with E-state index >= 15 is 0 Å². The van der Waals surface area contributed by atoms with Crippen molar-refractivity contribution in [3.63, 3.8) is 0 Å². The number of pyridine rings is 1. The van der Waals surface area contributed by atoms with Crippen LogP contribution < -0.4 is 20.3 Å². The van der Waals surface area contributed by atoms with E-state index in [1.165, 1.54) is 0 Å². The molecular weight excluding hydrogens is 510 g/mol. The van der Waals surface area contributed by atoms with Gasteiger partial charge in [-0.25, -0.2) is 14.8 Å². The highest BCUT2D eigenvalue weighted by atomic mass is 16.5. The highest BCUT2D eigenvalue weighted by Crippen LogP contribution is 2.59. The third-order valence-corrected chi connectivity index (χ3v) is 8.38. The number of nitrogens with one attached hydrogen (secondary N) is 2. The zero-order valence-corrected chi connectivity index (χ0v) is 22.7. The van der Waals surface area contributed by atoms with Gasteiger partial charge in [0.15, 0.2) is 0 Å². The fourth-order valence-electron chi connectivity index (χ4n) is 6.35. The van der Waals surface area contributed by atoms with E-state index in [4.69, 9.17) is 19.4 Å². The Morgan fingerprint density at radius 3 is 2.55 bits per heavy atom. The first-order valence-electron chi connectivity index (χ1n) is 13.6. The second-order valence-electron chi connectivity index (χ2n) is 11.7. The topological polar surface area (TPSA) is 122 Å². The first-order valence-corrected chi connectivity index (χ1v) is 13.6. The zero-order chi connectivity index (χ0) is 27.6. The van der Waals surface area contributed by atoms with Gasteiger partial charge in [-0.05, 0) is 51.0 Å². The average molecular weight is 542 g/mol. The lowest BCUT2D eigenvalue weighted by Crippen LogP contribution is -2.65. The summed E-state index contributed by atoms with van der Waals surface area (Å²) in [6.07, 6.45) is 4.41. The Hall–Kier alpha value is -4.25. The molecule has 2 saturated heterocycles. The Morgan fingerprint density at radius 1 is 1.05 bits per heavy atom. The molecule has 3 aliphatic heterocycles. The molecule has 206 valence electrons. The van der Waals surface area contributed by atoms with E-state index in [-0.39, 0.29) is 17.4 Å². The number of anilines is 3. The van der Waals surface area contributed by atoms with Crippen LogP contribution in [0.25, 0.3) is 11.3 Å². The number of carbonyl (C=O) groups excluding carboxylic acids is 2. The van der Waals surface area contributed by atoms with Crippen molar-refractivity contribution in [2.75, 3.05) is 42.2 Å². The Labute approximate surface area is 231 Å². The number of urea groups is 1. The maximum atomic E-state index is 13.6. The monoisotopic (exact) mass is 541 g/mol. The molecular formula is C29H31N7O4. The van der Waals surface area contributed by atoms with Crippen LogP contribution in [0.4, 0.5) is 22.2 Å². The minimum atomic E-state index is -0.627. The molecule has 40 heavy (non-hydrogen) atoms. The molecule has 2 N–H and O–H groups in total. The number of amides is 3. The van der Waals surface area contributed by atoms with E-state index in [1.807, 2.05) is 26.0 Å². The number of ether oxygens (including phenoxy) is 2. The fourth-order valence-corrected chi connectivity index (χ4v) is 6.35. The number of carbonyl (C=O) groups is 2. The molecule has 3 amide bonds. The van der Waals surface area contributed by atoms with Crippen LogP contribution in [0.15, 0.2) is 48.7 Å². The third-order valence-electron chi connectivity index (χ3n) is 8.38. The van der Waals surface area contributed by atoms with Gasteiger partial charge >= 0.3 is 6.03 Å². The largest absolute Gasteiger partial charge is 0.469 e. The maximum Gasteiger partial charge on any atom is 0.324 e. The van der Waals surface area contributed by atoms with Crippen LogP contribution in [0.5, 0.6) is 5.88 Å². The van der Waals surface area contributed by atoms with Gasteiger partial charge in [0, 0.05) is 43.0 Å². The Balaban J connectivity index is 1.22. The first kappa shape index (κ1) is 24.8. The van der Waals surface area contributed by atoms with Crippen LogP contribution in [0.1, 0.15) is 37.0 Å². The van der Waals surface area contributed by atoms with E-state index in [1.54, 1.807) is 48.5 Å². The predicted molar refractivity (Wildman–Crippen MR) is 149 cm³/mol. The summed E-state index contributed by atoms with van der Waals surface area (Å²) in [6, 6.07) is 12.1. The van der Waals surface area contributed by atoms with Gasteiger partial charge in [0.1, 0.15) is 17.0 Å². The number of rotatable bonds is 4.